The molecule has 35 heavy (non-hydrogen) atoms. The highest BCUT2D eigenvalue weighted by Crippen LogP contribution is 2.28. The fourth-order valence-electron chi connectivity index (χ4n) is 3.40. The van der Waals surface area contributed by atoms with Gasteiger partial charge in [0.2, 0.25) is 0 Å². The van der Waals surface area contributed by atoms with Crippen LogP contribution >= 0.6 is 15.9 Å². The topological polar surface area (TPSA) is 89.0 Å². The van der Waals surface area contributed by atoms with Crippen molar-refractivity contribution in [1.29, 1.82) is 0 Å². The zero-order valence-electron chi connectivity index (χ0n) is 18.8. The van der Waals surface area contributed by atoms with Crippen LogP contribution in [0.15, 0.2) is 94.5 Å². The Labute approximate surface area is 210 Å². The molecule has 0 bridgehead atoms. The number of esters is 1. The van der Waals surface area contributed by atoms with Gasteiger partial charge in [-0.1, -0.05) is 58.4 Å². The SMILES string of the molecule is COc1cc(/C=N\NC(=O)CNc2cccc3ccccc23)ccc1OC(=O)c1cccc(Br)c1. The Morgan fingerprint density at radius 3 is 2.57 bits per heavy atom. The van der Waals surface area contributed by atoms with Gasteiger partial charge in [0.25, 0.3) is 5.91 Å². The van der Waals surface area contributed by atoms with E-state index in [2.05, 4.69) is 31.8 Å². The summed E-state index contributed by atoms with van der Waals surface area (Å²) < 4.78 is 11.6. The van der Waals surface area contributed by atoms with Crippen molar-refractivity contribution < 1.29 is 19.1 Å². The molecule has 0 heterocycles. The Bertz CT molecular complexity index is 1400. The van der Waals surface area contributed by atoms with Gasteiger partial charge in [0.05, 0.1) is 25.4 Å². The third-order valence-corrected chi connectivity index (χ3v) is 5.58. The number of fused-ring (bicyclic) bond motifs is 1. The number of carbonyl (C=O) groups excluding carboxylic acids is 2. The van der Waals surface area contributed by atoms with Gasteiger partial charge in [0.1, 0.15) is 0 Å². The summed E-state index contributed by atoms with van der Waals surface area (Å²) in [6, 6.07) is 25.7. The molecular formula is C27H22BrN3O4. The van der Waals surface area contributed by atoms with Crippen LogP contribution in [-0.2, 0) is 4.79 Å². The molecule has 0 aliphatic carbocycles. The van der Waals surface area contributed by atoms with Crippen LogP contribution < -0.4 is 20.2 Å². The third-order valence-electron chi connectivity index (χ3n) is 5.08. The molecule has 4 rings (SSSR count). The van der Waals surface area contributed by atoms with Gasteiger partial charge in [-0.2, -0.15) is 5.10 Å². The van der Waals surface area contributed by atoms with E-state index in [1.54, 1.807) is 36.4 Å². The number of methoxy groups -OCH3 is 1. The average molecular weight is 532 g/mol. The molecule has 2 N–H and O–H groups in total. The predicted octanol–water partition coefficient (Wildman–Crippen LogP) is 5.39. The summed E-state index contributed by atoms with van der Waals surface area (Å²) in [6.45, 7) is 0.0686. The summed E-state index contributed by atoms with van der Waals surface area (Å²) in [5.74, 6) is -0.156. The number of hydrogen-bond acceptors (Lipinski definition) is 6. The molecule has 7 nitrogen and oxygen atoms in total. The normalized spacial score (nSPS) is 10.8. The molecule has 0 unspecified atom stereocenters. The number of ether oxygens (including phenoxy) is 2. The monoisotopic (exact) mass is 531 g/mol. The maximum absolute atomic E-state index is 12.4. The molecule has 4 aromatic carbocycles. The van der Waals surface area contributed by atoms with Gasteiger partial charge in [0.15, 0.2) is 11.5 Å². The van der Waals surface area contributed by atoms with Crippen LogP contribution in [0.2, 0.25) is 0 Å². The number of nitrogens with one attached hydrogen (secondary N) is 2. The molecule has 8 heteroatoms. The van der Waals surface area contributed by atoms with Crippen LogP contribution in [0.1, 0.15) is 15.9 Å². The van der Waals surface area contributed by atoms with Crippen LogP contribution in [0.4, 0.5) is 5.69 Å². The highest BCUT2D eigenvalue weighted by Gasteiger charge is 2.13. The van der Waals surface area contributed by atoms with Gasteiger partial charge < -0.3 is 14.8 Å². The summed E-state index contributed by atoms with van der Waals surface area (Å²) in [6.07, 6.45) is 1.48. The van der Waals surface area contributed by atoms with Gasteiger partial charge in [-0.3, -0.25) is 4.79 Å². The second-order valence-corrected chi connectivity index (χ2v) is 8.40. The minimum atomic E-state index is -0.503. The van der Waals surface area contributed by atoms with E-state index in [0.29, 0.717) is 16.9 Å². The highest BCUT2D eigenvalue weighted by atomic mass is 79.9. The molecule has 176 valence electrons. The molecule has 0 aliphatic rings. The number of nitrogens with zero attached hydrogens (tertiary/aromatic N) is 1. The lowest BCUT2D eigenvalue weighted by molar-refractivity contribution is -0.119. The molecule has 4 aromatic rings. The van der Waals surface area contributed by atoms with Crippen molar-refractivity contribution >= 4 is 50.5 Å². The maximum atomic E-state index is 12.4. The number of hydrogen-bond donors (Lipinski definition) is 2. The lowest BCUT2D eigenvalue weighted by atomic mass is 10.1. The second-order valence-electron chi connectivity index (χ2n) is 7.48. The van der Waals surface area contributed by atoms with Crippen LogP contribution in [-0.4, -0.2) is 31.7 Å². The molecule has 0 saturated carbocycles. The number of hydrazone groups is 1. The van der Waals surface area contributed by atoms with E-state index in [4.69, 9.17) is 9.47 Å². The van der Waals surface area contributed by atoms with Gasteiger partial charge in [0, 0.05) is 15.5 Å². The number of carbonyl (C=O) groups is 2. The summed E-state index contributed by atoms with van der Waals surface area (Å²) in [4.78, 5) is 24.7. The zero-order valence-corrected chi connectivity index (χ0v) is 20.4. The smallest absolute Gasteiger partial charge is 0.343 e. The van der Waals surface area contributed by atoms with E-state index in [9.17, 15) is 9.59 Å². The molecule has 0 radical (unpaired) electrons. The standard InChI is InChI=1S/C27H22BrN3O4/c1-34-25-14-18(12-13-24(25)35-27(33)20-8-4-9-21(28)15-20)16-30-31-26(32)17-29-23-11-5-7-19-6-2-3-10-22(19)23/h2-16,29H,17H2,1H3,(H,31,32)/b30-16-. The highest BCUT2D eigenvalue weighted by molar-refractivity contribution is 9.10. The summed E-state index contributed by atoms with van der Waals surface area (Å²) >= 11 is 3.34. The Morgan fingerprint density at radius 2 is 1.74 bits per heavy atom. The van der Waals surface area contributed by atoms with Crippen molar-refractivity contribution in [2.45, 2.75) is 0 Å². The number of amides is 1. The van der Waals surface area contributed by atoms with Gasteiger partial charge in [-0.25, -0.2) is 10.2 Å². The number of rotatable bonds is 8. The second kappa shape index (κ2) is 11.3. The van der Waals surface area contributed by atoms with Crippen molar-refractivity contribution in [3.8, 4) is 11.5 Å². The molecular weight excluding hydrogens is 510 g/mol. The van der Waals surface area contributed by atoms with Crippen LogP contribution in [0.5, 0.6) is 11.5 Å². The minimum Gasteiger partial charge on any atom is -0.493 e. The van der Waals surface area contributed by atoms with Crippen molar-refractivity contribution in [1.82, 2.24) is 5.43 Å². The number of anilines is 1. The van der Waals surface area contributed by atoms with E-state index in [1.807, 2.05) is 48.5 Å². The van der Waals surface area contributed by atoms with E-state index < -0.39 is 5.97 Å². The van der Waals surface area contributed by atoms with Gasteiger partial charge >= 0.3 is 5.97 Å². The van der Waals surface area contributed by atoms with Crippen molar-refractivity contribution in [2.24, 2.45) is 5.10 Å². The summed E-state index contributed by atoms with van der Waals surface area (Å²) in [7, 11) is 1.48. The van der Waals surface area contributed by atoms with Crippen molar-refractivity contribution in [2.75, 3.05) is 19.0 Å². The Morgan fingerprint density at radius 1 is 0.943 bits per heavy atom. The maximum Gasteiger partial charge on any atom is 0.343 e. The molecule has 0 saturated heterocycles. The lowest BCUT2D eigenvalue weighted by Crippen LogP contribution is -2.25. The minimum absolute atomic E-state index is 0.0686. The first-order valence-electron chi connectivity index (χ1n) is 10.7. The van der Waals surface area contributed by atoms with E-state index >= 15 is 0 Å². The number of halogens is 1. The molecule has 1 amide bonds. The van der Waals surface area contributed by atoms with Crippen LogP contribution in [0, 0.1) is 0 Å². The Hall–Kier alpha value is -4.17. The molecule has 0 aliphatic heterocycles. The van der Waals surface area contributed by atoms with Gasteiger partial charge in [-0.05, 0) is 53.4 Å². The van der Waals surface area contributed by atoms with Crippen LogP contribution in [0.25, 0.3) is 10.8 Å². The van der Waals surface area contributed by atoms with E-state index in [-0.39, 0.29) is 18.2 Å². The average Bonchev–Trinajstić information content (AvgIpc) is 2.88. The molecule has 0 fully saturated rings. The predicted molar refractivity (Wildman–Crippen MR) is 140 cm³/mol. The van der Waals surface area contributed by atoms with E-state index in [1.165, 1.54) is 13.3 Å². The molecule has 0 spiro atoms. The number of benzene rings is 4. The first kappa shape index (κ1) is 24.0. The first-order chi connectivity index (χ1) is 17.0. The fourth-order valence-corrected chi connectivity index (χ4v) is 3.80. The quantitative estimate of drug-likeness (QED) is 0.138. The fraction of sp³-hybridized carbons (Fsp3) is 0.0741. The molecule has 0 atom stereocenters. The molecule has 0 aromatic heterocycles. The van der Waals surface area contributed by atoms with Crippen LogP contribution in [0.3, 0.4) is 0 Å². The largest absolute Gasteiger partial charge is 0.493 e. The summed E-state index contributed by atoms with van der Waals surface area (Å²) in [5, 5.41) is 9.28. The Kier molecular flexibility index (Phi) is 7.74. The van der Waals surface area contributed by atoms with Crippen molar-refractivity contribution in [3.05, 3.63) is 101 Å². The first-order valence-corrected chi connectivity index (χ1v) is 11.5. The summed E-state index contributed by atoms with van der Waals surface area (Å²) in [5.41, 5.74) is 4.44. The third kappa shape index (κ3) is 6.24. The van der Waals surface area contributed by atoms with E-state index in [0.717, 1.165) is 20.9 Å². The van der Waals surface area contributed by atoms with Gasteiger partial charge in [-0.15, -0.1) is 0 Å². The van der Waals surface area contributed by atoms with Crippen molar-refractivity contribution in [3.63, 3.8) is 0 Å². The zero-order chi connectivity index (χ0) is 24.6. The lowest BCUT2D eigenvalue weighted by Gasteiger charge is -2.10. The Balaban J connectivity index is 1.34.